The van der Waals surface area contributed by atoms with Crippen LogP contribution in [-0.2, 0) is 0 Å². The van der Waals surface area contributed by atoms with E-state index in [1.807, 2.05) is 30.3 Å². The van der Waals surface area contributed by atoms with Crippen molar-refractivity contribution in [1.29, 1.82) is 0 Å². The summed E-state index contributed by atoms with van der Waals surface area (Å²) in [5.41, 5.74) is 1.22. The van der Waals surface area contributed by atoms with Gasteiger partial charge in [0.25, 0.3) is 0 Å². The SMILES string of the molecule is COc1cccc(SCCOc2cccc(C)c2)c1. The van der Waals surface area contributed by atoms with Crippen LogP contribution in [0.15, 0.2) is 53.4 Å². The number of hydrogen-bond acceptors (Lipinski definition) is 3. The molecule has 2 aromatic rings. The first-order chi connectivity index (χ1) is 9.28. The van der Waals surface area contributed by atoms with Crippen molar-refractivity contribution >= 4 is 11.8 Å². The minimum Gasteiger partial charge on any atom is -0.497 e. The number of rotatable bonds is 6. The second kappa shape index (κ2) is 7.10. The first-order valence-corrected chi connectivity index (χ1v) is 7.23. The van der Waals surface area contributed by atoms with Crippen LogP contribution in [0.1, 0.15) is 5.56 Å². The molecule has 0 saturated carbocycles. The van der Waals surface area contributed by atoms with Gasteiger partial charge in [-0.3, -0.25) is 0 Å². The van der Waals surface area contributed by atoms with Gasteiger partial charge in [0.05, 0.1) is 13.7 Å². The van der Waals surface area contributed by atoms with Crippen LogP contribution in [0.4, 0.5) is 0 Å². The van der Waals surface area contributed by atoms with Crippen LogP contribution < -0.4 is 9.47 Å². The fourth-order valence-electron chi connectivity index (χ4n) is 1.72. The fourth-order valence-corrected chi connectivity index (χ4v) is 2.49. The number of ether oxygens (including phenoxy) is 2. The van der Waals surface area contributed by atoms with Gasteiger partial charge in [0.1, 0.15) is 11.5 Å². The van der Waals surface area contributed by atoms with E-state index in [1.165, 1.54) is 10.5 Å². The van der Waals surface area contributed by atoms with E-state index in [4.69, 9.17) is 9.47 Å². The van der Waals surface area contributed by atoms with Crippen LogP contribution in [0.3, 0.4) is 0 Å². The third-order valence-electron chi connectivity index (χ3n) is 2.65. The van der Waals surface area contributed by atoms with Crippen molar-refractivity contribution in [2.24, 2.45) is 0 Å². The minimum atomic E-state index is 0.700. The Labute approximate surface area is 118 Å². The largest absolute Gasteiger partial charge is 0.497 e. The van der Waals surface area contributed by atoms with Gasteiger partial charge < -0.3 is 9.47 Å². The summed E-state index contributed by atoms with van der Waals surface area (Å²) in [6.45, 7) is 2.77. The molecule has 0 saturated heterocycles. The first-order valence-electron chi connectivity index (χ1n) is 6.24. The number of benzene rings is 2. The summed E-state index contributed by atoms with van der Waals surface area (Å²) in [4.78, 5) is 1.20. The number of aryl methyl sites for hydroxylation is 1. The lowest BCUT2D eigenvalue weighted by atomic mass is 10.2. The smallest absolute Gasteiger partial charge is 0.119 e. The predicted octanol–water partition coefficient (Wildman–Crippen LogP) is 4.17. The molecular weight excluding hydrogens is 256 g/mol. The standard InChI is InChI=1S/C16H18O2S/c1-13-5-3-7-15(11-13)18-9-10-19-16-8-4-6-14(12-16)17-2/h3-8,11-12H,9-10H2,1-2H3. The quantitative estimate of drug-likeness (QED) is 0.581. The van der Waals surface area contributed by atoms with Crippen LogP contribution >= 0.6 is 11.8 Å². The summed E-state index contributed by atoms with van der Waals surface area (Å²) in [6, 6.07) is 16.2. The first kappa shape index (κ1) is 13.8. The molecule has 2 aromatic carbocycles. The maximum Gasteiger partial charge on any atom is 0.119 e. The molecule has 0 spiro atoms. The monoisotopic (exact) mass is 274 g/mol. The third kappa shape index (κ3) is 4.52. The van der Waals surface area contributed by atoms with Gasteiger partial charge >= 0.3 is 0 Å². The zero-order valence-corrected chi connectivity index (χ0v) is 12.1. The van der Waals surface area contributed by atoms with Gasteiger partial charge in [0, 0.05) is 10.6 Å². The molecule has 0 aliphatic carbocycles. The highest BCUT2D eigenvalue weighted by atomic mass is 32.2. The second-order valence-corrected chi connectivity index (χ2v) is 5.36. The zero-order valence-electron chi connectivity index (χ0n) is 11.3. The molecule has 19 heavy (non-hydrogen) atoms. The fraction of sp³-hybridized carbons (Fsp3) is 0.250. The van der Waals surface area contributed by atoms with Gasteiger partial charge in [0.15, 0.2) is 0 Å². The van der Waals surface area contributed by atoms with Crippen LogP contribution in [0, 0.1) is 6.92 Å². The molecule has 3 heteroatoms. The van der Waals surface area contributed by atoms with Crippen molar-refractivity contribution in [2.45, 2.75) is 11.8 Å². The van der Waals surface area contributed by atoms with Crippen molar-refractivity contribution in [3.05, 3.63) is 54.1 Å². The lowest BCUT2D eigenvalue weighted by Gasteiger charge is -2.07. The summed E-state index contributed by atoms with van der Waals surface area (Å²) < 4.78 is 10.9. The molecule has 0 N–H and O–H groups in total. The normalized spacial score (nSPS) is 10.2. The predicted molar refractivity (Wildman–Crippen MR) is 80.4 cm³/mol. The van der Waals surface area contributed by atoms with Gasteiger partial charge in [-0.15, -0.1) is 11.8 Å². The Balaban J connectivity index is 1.77. The van der Waals surface area contributed by atoms with Crippen molar-refractivity contribution in [3.8, 4) is 11.5 Å². The summed E-state index contributed by atoms with van der Waals surface area (Å²) >= 11 is 1.77. The Morgan fingerprint density at radius 3 is 2.58 bits per heavy atom. The molecule has 100 valence electrons. The molecule has 0 amide bonds. The Morgan fingerprint density at radius 2 is 1.79 bits per heavy atom. The van der Waals surface area contributed by atoms with Crippen LogP contribution in [-0.4, -0.2) is 19.5 Å². The molecule has 0 aliphatic rings. The second-order valence-electron chi connectivity index (χ2n) is 4.19. The topological polar surface area (TPSA) is 18.5 Å². The van der Waals surface area contributed by atoms with Crippen molar-refractivity contribution in [1.82, 2.24) is 0 Å². The molecule has 0 unspecified atom stereocenters. The van der Waals surface area contributed by atoms with Crippen LogP contribution in [0.5, 0.6) is 11.5 Å². The van der Waals surface area contributed by atoms with Gasteiger partial charge in [-0.25, -0.2) is 0 Å². The maximum absolute atomic E-state index is 5.71. The Morgan fingerprint density at radius 1 is 1.00 bits per heavy atom. The van der Waals surface area contributed by atoms with Gasteiger partial charge in [-0.2, -0.15) is 0 Å². The molecule has 0 aromatic heterocycles. The van der Waals surface area contributed by atoms with E-state index in [1.54, 1.807) is 18.9 Å². The summed E-state index contributed by atoms with van der Waals surface area (Å²) in [5.74, 6) is 2.75. The van der Waals surface area contributed by atoms with Crippen LogP contribution in [0.2, 0.25) is 0 Å². The lowest BCUT2D eigenvalue weighted by Crippen LogP contribution is -2.00. The summed E-state index contributed by atoms with van der Waals surface area (Å²) in [7, 11) is 1.69. The molecule has 0 atom stereocenters. The van der Waals surface area contributed by atoms with E-state index in [-0.39, 0.29) is 0 Å². The van der Waals surface area contributed by atoms with Crippen molar-refractivity contribution in [3.63, 3.8) is 0 Å². The molecular formula is C16H18O2S. The van der Waals surface area contributed by atoms with Crippen molar-refractivity contribution < 1.29 is 9.47 Å². The minimum absolute atomic E-state index is 0.700. The van der Waals surface area contributed by atoms with E-state index in [9.17, 15) is 0 Å². The van der Waals surface area contributed by atoms with E-state index in [2.05, 4.69) is 25.1 Å². The highest BCUT2D eigenvalue weighted by Gasteiger charge is 1.98. The molecule has 0 aliphatic heterocycles. The van der Waals surface area contributed by atoms with Crippen LogP contribution in [0.25, 0.3) is 0 Å². The number of methoxy groups -OCH3 is 1. The summed E-state index contributed by atoms with van der Waals surface area (Å²) in [5, 5.41) is 0. The Hall–Kier alpha value is -1.61. The highest BCUT2D eigenvalue weighted by Crippen LogP contribution is 2.22. The average molecular weight is 274 g/mol. The number of hydrogen-bond donors (Lipinski definition) is 0. The van der Waals surface area contributed by atoms with E-state index in [0.717, 1.165) is 17.3 Å². The molecule has 2 nitrogen and oxygen atoms in total. The van der Waals surface area contributed by atoms with Gasteiger partial charge in [0.2, 0.25) is 0 Å². The molecule has 0 heterocycles. The molecule has 0 radical (unpaired) electrons. The van der Waals surface area contributed by atoms with E-state index in [0.29, 0.717) is 6.61 Å². The molecule has 0 bridgehead atoms. The third-order valence-corrected chi connectivity index (χ3v) is 3.61. The van der Waals surface area contributed by atoms with Crippen molar-refractivity contribution in [2.75, 3.05) is 19.5 Å². The average Bonchev–Trinajstić information content (AvgIpc) is 2.44. The van der Waals surface area contributed by atoms with Gasteiger partial charge in [-0.1, -0.05) is 18.2 Å². The number of thioether (sulfide) groups is 1. The summed E-state index contributed by atoms with van der Waals surface area (Å²) in [6.07, 6.45) is 0. The zero-order chi connectivity index (χ0) is 13.5. The molecule has 0 fully saturated rings. The Kier molecular flexibility index (Phi) is 5.16. The highest BCUT2D eigenvalue weighted by molar-refractivity contribution is 7.99. The van der Waals surface area contributed by atoms with E-state index < -0.39 is 0 Å². The van der Waals surface area contributed by atoms with Gasteiger partial charge in [-0.05, 0) is 42.8 Å². The van der Waals surface area contributed by atoms with E-state index >= 15 is 0 Å². The maximum atomic E-state index is 5.71. The Bertz CT molecular complexity index is 526. The molecule has 2 rings (SSSR count). The lowest BCUT2D eigenvalue weighted by molar-refractivity contribution is 0.343.